The molecule has 0 bridgehead atoms. The number of rotatable bonds is 6. The van der Waals surface area contributed by atoms with E-state index < -0.39 is 36.8 Å². The SMILES string of the molecule is O=C(O)CNC(=O)c1c(I)c(I)c(C(=O)NCC(=O)O)c(I)c1I. The van der Waals surface area contributed by atoms with Gasteiger partial charge in [-0.05, 0) is 90.4 Å². The van der Waals surface area contributed by atoms with Gasteiger partial charge in [-0.3, -0.25) is 19.2 Å². The molecule has 0 atom stereocenters. The van der Waals surface area contributed by atoms with Crippen molar-refractivity contribution in [1.82, 2.24) is 10.6 Å². The van der Waals surface area contributed by atoms with E-state index in [1.165, 1.54) is 0 Å². The zero-order valence-corrected chi connectivity index (χ0v) is 20.1. The maximum atomic E-state index is 12.2. The highest BCUT2D eigenvalue weighted by Crippen LogP contribution is 2.32. The minimum absolute atomic E-state index is 0.279. The molecule has 4 N–H and O–H groups in total. The summed E-state index contributed by atoms with van der Waals surface area (Å²) in [6.07, 6.45) is 0. The second-order valence-corrected chi connectivity index (χ2v) is 8.47. The quantitative estimate of drug-likeness (QED) is 0.257. The number of aliphatic carboxylic acids is 2. The first-order valence-electron chi connectivity index (χ1n) is 5.93. The number of carboxylic acids is 2. The van der Waals surface area contributed by atoms with E-state index in [2.05, 4.69) is 10.6 Å². The van der Waals surface area contributed by atoms with Crippen LogP contribution in [-0.4, -0.2) is 47.1 Å². The molecule has 24 heavy (non-hydrogen) atoms. The van der Waals surface area contributed by atoms with Gasteiger partial charge in [0.1, 0.15) is 13.1 Å². The number of carbonyl (C=O) groups is 4. The predicted molar refractivity (Wildman–Crippen MR) is 117 cm³/mol. The van der Waals surface area contributed by atoms with Crippen LogP contribution in [-0.2, 0) is 9.59 Å². The van der Waals surface area contributed by atoms with Crippen molar-refractivity contribution in [3.05, 3.63) is 25.4 Å². The molecule has 1 rings (SSSR count). The summed E-state index contributed by atoms with van der Waals surface area (Å²) in [4.78, 5) is 45.6. The van der Waals surface area contributed by atoms with Crippen LogP contribution in [0, 0.1) is 14.3 Å². The molecule has 8 nitrogen and oxygen atoms in total. The van der Waals surface area contributed by atoms with Gasteiger partial charge in [0, 0.05) is 14.3 Å². The Morgan fingerprint density at radius 2 is 0.917 bits per heavy atom. The van der Waals surface area contributed by atoms with Crippen molar-refractivity contribution < 1.29 is 29.4 Å². The lowest BCUT2D eigenvalue weighted by Gasteiger charge is -2.16. The Morgan fingerprint density at radius 3 is 1.12 bits per heavy atom. The van der Waals surface area contributed by atoms with Gasteiger partial charge in [-0.2, -0.15) is 0 Å². The average Bonchev–Trinajstić information content (AvgIpc) is 2.49. The van der Waals surface area contributed by atoms with E-state index in [0.29, 0.717) is 14.3 Å². The molecule has 0 fully saturated rings. The summed E-state index contributed by atoms with van der Waals surface area (Å²) < 4.78 is 1.95. The van der Waals surface area contributed by atoms with E-state index in [4.69, 9.17) is 10.2 Å². The van der Waals surface area contributed by atoms with Crippen LogP contribution in [0.1, 0.15) is 20.7 Å². The van der Waals surface area contributed by atoms with E-state index in [-0.39, 0.29) is 11.1 Å². The fourth-order valence-electron chi connectivity index (χ4n) is 1.52. The lowest BCUT2D eigenvalue weighted by Crippen LogP contribution is -2.33. The molecule has 2 amide bonds. The summed E-state index contributed by atoms with van der Waals surface area (Å²) >= 11 is 7.60. The van der Waals surface area contributed by atoms with Gasteiger partial charge < -0.3 is 20.8 Å². The highest BCUT2D eigenvalue weighted by atomic mass is 127. The first kappa shape index (κ1) is 22.1. The number of hydrogen-bond acceptors (Lipinski definition) is 4. The first-order chi connectivity index (χ1) is 11.1. The summed E-state index contributed by atoms with van der Waals surface area (Å²) in [5.41, 5.74) is 0.557. The molecule has 0 aromatic heterocycles. The van der Waals surface area contributed by atoms with Crippen molar-refractivity contribution in [3.63, 3.8) is 0 Å². The highest BCUT2D eigenvalue weighted by Gasteiger charge is 2.26. The number of hydrogen-bond donors (Lipinski definition) is 4. The van der Waals surface area contributed by atoms with Crippen molar-refractivity contribution in [1.29, 1.82) is 0 Å². The van der Waals surface area contributed by atoms with Gasteiger partial charge >= 0.3 is 11.9 Å². The molecule has 130 valence electrons. The summed E-state index contributed by atoms with van der Waals surface area (Å²) in [5.74, 6) is -3.44. The van der Waals surface area contributed by atoms with Crippen LogP contribution in [0.4, 0.5) is 0 Å². The van der Waals surface area contributed by atoms with Crippen LogP contribution in [0.15, 0.2) is 0 Å². The molecule has 0 heterocycles. The van der Waals surface area contributed by atoms with Crippen LogP contribution < -0.4 is 10.6 Å². The molecule has 0 spiro atoms. The fraction of sp³-hybridized carbons (Fsp3) is 0.167. The van der Waals surface area contributed by atoms with Crippen LogP contribution in [0.3, 0.4) is 0 Å². The molecular weight excluding hydrogens is 776 g/mol. The molecule has 0 saturated heterocycles. The Hall–Kier alpha value is 0.0200. The lowest BCUT2D eigenvalue weighted by molar-refractivity contribution is -0.136. The number of nitrogens with one attached hydrogen (secondary N) is 2. The second kappa shape index (κ2) is 9.64. The number of halogens is 4. The smallest absolute Gasteiger partial charge is 0.322 e. The molecule has 1 aromatic carbocycles. The predicted octanol–water partition coefficient (Wildman–Crippen LogP) is 1.73. The molecule has 0 unspecified atom stereocenters. The van der Waals surface area contributed by atoms with Crippen molar-refractivity contribution in [2.24, 2.45) is 0 Å². The van der Waals surface area contributed by atoms with E-state index in [1.54, 1.807) is 0 Å². The molecule has 12 heteroatoms. The van der Waals surface area contributed by atoms with Gasteiger partial charge in [-0.1, -0.05) is 0 Å². The standard InChI is InChI=1S/C12H8I4N2O6/c13-7-5(11(23)17-1-3(19)20)8(14)10(16)6(9(7)15)12(24)18-2-4(21)22/h1-2H2,(H,17,23)(H,18,24)(H,19,20)(H,21,22). The van der Waals surface area contributed by atoms with E-state index in [9.17, 15) is 19.2 Å². The van der Waals surface area contributed by atoms with Gasteiger partial charge in [0.05, 0.1) is 11.1 Å². The minimum Gasteiger partial charge on any atom is -0.480 e. The molecule has 0 saturated carbocycles. The topological polar surface area (TPSA) is 133 Å². The third-order valence-electron chi connectivity index (χ3n) is 2.52. The van der Waals surface area contributed by atoms with Crippen molar-refractivity contribution in [2.75, 3.05) is 13.1 Å². The zero-order chi connectivity index (χ0) is 18.6. The van der Waals surface area contributed by atoms with Crippen LogP contribution >= 0.6 is 90.4 Å². The van der Waals surface area contributed by atoms with Crippen molar-refractivity contribution >= 4 is 114 Å². The Kier molecular flexibility index (Phi) is 8.87. The van der Waals surface area contributed by atoms with Gasteiger partial charge in [-0.15, -0.1) is 0 Å². The molecule has 0 aliphatic heterocycles. The molecule has 1 aromatic rings. The largest absolute Gasteiger partial charge is 0.480 e. The van der Waals surface area contributed by atoms with Crippen LogP contribution in [0.2, 0.25) is 0 Å². The van der Waals surface area contributed by atoms with Crippen molar-refractivity contribution in [2.45, 2.75) is 0 Å². The minimum atomic E-state index is -1.16. The Labute approximate surface area is 190 Å². The summed E-state index contributed by atoms with van der Waals surface area (Å²) in [7, 11) is 0. The van der Waals surface area contributed by atoms with Crippen molar-refractivity contribution in [3.8, 4) is 0 Å². The lowest BCUT2D eigenvalue weighted by atomic mass is 10.1. The number of carbonyl (C=O) groups excluding carboxylic acids is 2. The number of benzene rings is 1. The third kappa shape index (κ3) is 5.51. The van der Waals surface area contributed by atoms with E-state index in [1.807, 2.05) is 90.4 Å². The van der Waals surface area contributed by atoms with Gasteiger partial charge in [0.2, 0.25) is 0 Å². The molecule has 0 aliphatic carbocycles. The van der Waals surface area contributed by atoms with Crippen LogP contribution in [0.25, 0.3) is 0 Å². The monoisotopic (exact) mass is 784 g/mol. The van der Waals surface area contributed by atoms with Gasteiger partial charge in [-0.25, -0.2) is 0 Å². The van der Waals surface area contributed by atoms with Crippen LogP contribution in [0.5, 0.6) is 0 Å². The zero-order valence-electron chi connectivity index (χ0n) is 11.5. The Morgan fingerprint density at radius 1 is 0.667 bits per heavy atom. The molecular formula is C12H8I4N2O6. The normalized spacial score (nSPS) is 10.2. The summed E-state index contributed by atoms with van der Waals surface area (Å²) in [5, 5.41) is 21.9. The summed E-state index contributed by atoms with van der Waals surface area (Å²) in [6, 6.07) is 0. The number of carboxylic acid groups (broad SMARTS) is 2. The second-order valence-electron chi connectivity index (χ2n) is 4.16. The maximum Gasteiger partial charge on any atom is 0.322 e. The average molecular weight is 784 g/mol. The number of amides is 2. The van der Waals surface area contributed by atoms with Gasteiger partial charge in [0.25, 0.3) is 11.8 Å². The van der Waals surface area contributed by atoms with E-state index in [0.717, 1.165) is 0 Å². The Bertz CT molecular complexity index is 647. The third-order valence-corrected chi connectivity index (χ3v) is 8.90. The Balaban J connectivity index is 3.30. The fourth-order valence-corrected chi connectivity index (χ4v) is 5.69. The van der Waals surface area contributed by atoms with E-state index >= 15 is 0 Å². The molecule has 0 radical (unpaired) electrons. The first-order valence-corrected chi connectivity index (χ1v) is 10.2. The summed E-state index contributed by atoms with van der Waals surface area (Å²) in [6.45, 7) is -1.03. The molecule has 0 aliphatic rings. The maximum absolute atomic E-state index is 12.2. The van der Waals surface area contributed by atoms with Gasteiger partial charge in [0.15, 0.2) is 0 Å². The highest BCUT2D eigenvalue weighted by molar-refractivity contribution is 14.1.